The van der Waals surface area contributed by atoms with Gasteiger partial charge in [-0.15, -0.1) is 0 Å². The number of aromatic amines is 1. The lowest BCUT2D eigenvalue weighted by molar-refractivity contribution is 0.0785. The van der Waals surface area contributed by atoms with E-state index < -0.39 is 0 Å². The van der Waals surface area contributed by atoms with Crippen molar-refractivity contribution in [3.8, 4) is 0 Å². The fourth-order valence-corrected chi connectivity index (χ4v) is 2.76. The number of rotatable bonds is 1. The maximum atomic E-state index is 12.1. The highest BCUT2D eigenvalue weighted by Crippen LogP contribution is 2.25. The molecule has 2 N–H and O–H groups in total. The lowest BCUT2D eigenvalue weighted by Gasteiger charge is -2.24. The first-order valence-electron chi connectivity index (χ1n) is 5.86. The molecule has 2 atom stereocenters. The largest absolute Gasteiger partial charge is 0.337 e. The fraction of sp³-hybridized carbons (Fsp3) is 0.636. The molecule has 86 valence electrons. The summed E-state index contributed by atoms with van der Waals surface area (Å²) in [4.78, 5) is 14.0. The number of hydrogen-bond acceptors (Lipinski definition) is 3. The molecule has 2 fully saturated rings. The van der Waals surface area contributed by atoms with Gasteiger partial charge < -0.3 is 10.2 Å². The Morgan fingerprint density at radius 2 is 2.44 bits per heavy atom. The van der Waals surface area contributed by atoms with E-state index in [9.17, 15) is 4.79 Å². The molecule has 5 nitrogen and oxygen atoms in total. The maximum absolute atomic E-state index is 12.1. The van der Waals surface area contributed by atoms with Crippen molar-refractivity contribution in [2.24, 2.45) is 5.92 Å². The van der Waals surface area contributed by atoms with Crippen molar-refractivity contribution in [1.29, 1.82) is 0 Å². The van der Waals surface area contributed by atoms with E-state index in [4.69, 9.17) is 0 Å². The Hall–Kier alpha value is -1.36. The molecule has 2 aliphatic heterocycles. The van der Waals surface area contributed by atoms with Gasteiger partial charge in [-0.25, -0.2) is 0 Å². The standard InChI is InChI=1S/C11H16N4O/c16-11(9-4-13-14-5-9)15-6-8-2-1-3-12-10(8)7-15/h4-5,8,10,12H,1-3,6-7H2,(H,13,14). The van der Waals surface area contributed by atoms with E-state index in [1.165, 1.54) is 12.8 Å². The number of carbonyl (C=O) groups excluding carboxylic acids is 1. The summed E-state index contributed by atoms with van der Waals surface area (Å²) in [5.41, 5.74) is 0.665. The number of amides is 1. The van der Waals surface area contributed by atoms with Gasteiger partial charge in [-0.05, 0) is 25.3 Å². The zero-order valence-corrected chi connectivity index (χ0v) is 9.15. The summed E-state index contributed by atoms with van der Waals surface area (Å²) in [6.45, 7) is 2.82. The number of likely N-dealkylation sites (tertiary alicyclic amines) is 1. The van der Waals surface area contributed by atoms with Gasteiger partial charge in [0.1, 0.15) is 0 Å². The van der Waals surface area contributed by atoms with E-state index in [-0.39, 0.29) is 5.91 Å². The molecule has 2 unspecified atom stereocenters. The monoisotopic (exact) mass is 220 g/mol. The summed E-state index contributed by atoms with van der Waals surface area (Å²) in [7, 11) is 0. The first-order chi connectivity index (χ1) is 7.84. The number of nitrogens with one attached hydrogen (secondary N) is 2. The third-order valence-electron chi connectivity index (χ3n) is 3.63. The van der Waals surface area contributed by atoms with Crippen molar-refractivity contribution >= 4 is 5.91 Å². The van der Waals surface area contributed by atoms with Gasteiger partial charge in [0, 0.05) is 25.3 Å². The van der Waals surface area contributed by atoms with Gasteiger partial charge in [-0.3, -0.25) is 9.89 Å². The molecule has 2 aliphatic rings. The molecule has 1 amide bonds. The van der Waals surface area contributed by atoms with Crippen LogP contribution in [0, 0.1) is 5.92 Å². The average Bonchev–Trinajstić information content (AvgIpc) is 2.97. The molecule has 3 rings (SSSR count). The Balaban J connectivity index is 1.71. The quantitative estimate of drug-likeness (QED) is 0.712. The summed E-state index contributed by atoms with van der Waals surface area (Å²) in [6, 6.07) is 0.504. The molecule has 16 heavy (non-hydrogen) atoms. The SMILES string of the molecule is O=C(c1cn[nH]c1)N1CC2CCCNC2C1. The maximum Gasteiger partial charge on any atom is 0.257 e. The van der Waals surface area contributed by atoms with Crippen LogP contribution in [0.4, 0.5) is 0 Å². The van der Waals surface area contributed by atoms with Gasteiger partial charge in [0.05, 0.1) is 11.8 Å². The Labute approximate surface area is 94.2 Å². The highest BCUT2D eigenvalue weighted by atomic mass is 16.2. The number of hydrogen-bond donors (Lipinski definition) is 2. The van der Waals surface area contributed by atoms with Crippen LogP contribution < -0.4 is 5.32 Å². The molecule has 0 aliphatic carbocycles. The predicted octanol–water partition coefficient (Wildman–Crippen LogP) is 0.234. The molecule has 3 heterocycles. The second kappa shape index (κ2) is 3.90. The number of carbonyl (C=O) groups is 1. The minimum absolute atomic E-state index is 0.102. The zero-order chi connectivity index (χ0) is 11.0. The summed E-state index contributed by atoms with van der Waals surface area (Å²) >= 11 is 0. The van der Waals surface area contributed by atoms with Crippen LogP contribution in [-0.4, -0.2) is 46.7 Å². The second-order valence-corrected chi connectivity index (χ2v) is 4.66. The lowest BCUT2D eigenvalue weighted by Crippen LogP contribution is -2.41. The van der Waals surface area contributed by atoms with Crippen molar-refractivity contribution < 1.29 is 4.79 Å². The summed E-state index contributed by atoms with van der Waals surface area (Å²) in [5.74, 6) is 0.745. The van der Waals surface area contributed by atoms with Crippen LogP contribution in [0.5, 0.6) is 0 Å². The number of nitrogens with zero attached hydrogens (tertiary/aromatic N) is 2. The molecular weight excluding hydrogens is 204 g/mol. The molecule has 0 saturated carbocycles. The zero-order valence-electron chi connectivity index (χ0n) is 9.15. The molecule has 1 aromatic rings. The Morgan fingerprint density at radius 3 is 3.19 bits per heavy atom. The number of fused-ring (bicyclic) bond motifs is 1. The van der Waals surface area contributed by atoms with Gasteiger partial charge in [-0.1, -0.05) is 0 Å². The topological polar surface area (TPSA) is 61.0 Å². The van der Waals surface area contributed by atoms with Gasteiger partial charge in [0.2, 0.25) is 0 Å². The van der Waals surface area contributed by atoms with Gasteiger partial charge in [0.25, 0.3) is 5.91 Å². The van der Waals surface area contributed by atoms with Crippen LogP contribution in [0.1, 0.15) is 23.2 Å². The summed E-state index contributed by atoms with van der Waals surface area (Å²) in [6.07, 6.45) is 5.73. The van der Waals surface area contributed by atoms with Crippen molar-refractivity contribution in [1.82, 2.24) is 20.4 Å². The van der Waals surface area contributed by atoms with Crippen LogP contribution >= 0.6 is 0 Å². The first-order valence-corrected chi connectivity index (χ1v) is 5.86. The van der Waals surface area contributed by atoms with E-state index >= 15 is 0 Å². The lowest BCUT2D eigenvalue weighted by atomic mass is 9.94. The number of H-pyrrole nitrogens is 1. The van der Waals surface area contributed by atoms with Crippen molar-refractivity contribution in [2.75, 3.05) is 19.6 Å². The van der Waals surface area contributed by atoms with E-state index in [1.54, 1.807) is 12.4 Å². The molecule has 2 saturated heterocycles. The van der Waals surface area contributed by atoms with E-state index in [1.807, 2.05) is 4.90 Å². The predicted molar refractivity (Wildman–Crippen MR) is 59.0 cm³/mol. The van der Waals surface area contributed by atoms with Crippen LogP contribution in [0.3, 0.4) is 0 Å². The number of aromatic nitrogens is 2. The van der Waals surface area contributed by atoms with E-state index in [2.05, 4.69) is 15.5 Å². The second-order valence-electron chi connectivity index (χ2n) is 4.66. The van der Waals surface area contributed by atoms with Crippen LogP contribution in [0.15, 0.2) is 12.4 Å². The molecule has 0 radical (unpaired) electrons. The van der Waals surface area contributed by atoms with Gasteiger partial charge >= 0.3 is 0 Å². The van der Waals surface area contributed by atoms with E-state index in [0.717, 1.165) is 19.6 Å². The Kier molecular flexibility index (Phi) is 2.40. The molecular formula is C11H16N4O. The van der Waals surface area contributed by atoms with Crippen LogP contribution in [0.2, 0.25) is 0 Å². The smallest absolute Gasteiger partial charge is 0.257 e. The molecule has 0 spiro atoms. The summed E-state index contributed by atoms with van der Waals surface area (Å²) < 4.78 is 0. The van der Waals surface area contributed by atoms with Crippen molar-refractivity contribution in [3.63, 3.8) is 0 Å². The molecule has 0 aromatic carbocycles. The third kappa shape index (κ3) is 1.61. The van der Waals surface area contributed by atoms with Gasteiger partial charge in [-0.2, -0.15) is 5.10 Å². The summed E-state index contributed by atoms with van der Waals surface area (Å²) in [5, 5.41) is 9.99. The first kappa shape index (κ1) is 9.84. The minimum atomic E-state index is 0.102. The van der Waals surface area contributed by atoms with E-state index in [0.29, 0.717) is 17.5 Å². The normalized spacial score (nSPS) is 29.1. The highest BCUT2D eigenvalue weighted by Gasteiger charge is 2.36. The average molecular weight is 220 g/mol. The third-order valence-corrected chi connectivity index (χ3v) is 3.63. The molecule has 5 heteroatoms. The Morgan fingerprint density at radius 1 is 1.50 bits per heavy atom. The van der Waals surface area contributed by atoms with Crippen molar-refractivity contribution in [3.05, 3.63) is 18.0 Å². The minimum Gasteiger partial charge on any atom is -0.337 e. The molecule has 0 bridgehead atoms. The van der Waals surface area contributed by atoms with Crippen molar-refractivity contribution in [2.45, 2.75) is 18.9 Å². The molecule has 1 aromatic heterocycles. The Bertz CT molecular complexity index is 361. The van der Waals surface area contributed by atoms with Crippen LogP contribution in [-0.2, 0) is 0 Å². The fourth-order valence-electron chi connectivity index (χ4n) is 2.76. The van der Waals surface area contributed by atoms with Gasteiger partial charge in [0.15, 0.2) is 0 Å². The van der Waals surface area contributed by atoms with Crippen LogP contribution in [0.25, 0.3) is 0 Å². The number of piperidine rings is 1. The highest BCUT2D eigenvalue weighted by molar-refractivity contribution is 5.93.